The Labute approximate surface area is 109 Å². The molecule has 1 aromatic carbocycles. The second-order valence-corrected chi connectivity index (χ2v) is 4.93. The molecule has 0 aliphatic rings. The molecule has 8 heteroatoms. The minimum absolute atomic E-state index is 0.0793. The summed E-state index contributed by atoms with van der Waals surface area (Å²) in [6, 6.07) is 4.50. The van der Waals surface area contributed by atoms with Crippen LogP contribution in [0, 0.1) is 0 Å². The summed E-state index contributed by atoms with van der Waals surface area (Å²) in [7, 11) is -1.34. The molecule has 4 nitrogen and oxygen atoms in total. The van der Waals surface area contributed by atoms with Crippen LogP contribution >= 0.6 is 0 Å². The molecule has 1 atom stereocenters. The Bertz CT molecular complexity index is 596. The lowest BCUT2D eigenvalue weighted by Crippen LogP contribution is -2.04. The van der Waals surface area contributed by atoms with Crippen molar-refractivity contribution in [1.82, 2.24) is 15.2 Å². The Balaban J connectivity index is 2.30. The highest BCUT2D eigenvalue weighted by molar-refractivity contribution is 7.84. The molecule has 1 unspecified atom stereocenters. The predicted molar refractivity (Wildman–Crippen MR) is 62.6 cm³/mol. The van der Waals surface area contributed by atoms with Gasteiger partial charge in [-0.15, -0.1) is 10.2 Å². The molecule has 0 aliphatic heterocycles. The summed E-state index contributed by atoms with van der Waals surface area (Å²) in [5, 5.41) is 7.50. The van der Waals surface area contributed by atoms with Crippen molar-refractivity contribution in [2.45, 2.75) is 11.3 Å². The van der Waals surface area contributed by atoms with Crippen molar-refractivity contribution >= 4 is 10.8 Å². The molecule has 19 heavy (non-hydrogen) atoms. The second kappa shape index (κ2) is 5.04. The molecule has 0 spiro atoms. The van der Waals surface area contributed by atoms with E-state index >= 15 is 0 Å². The summed E-state index contributed by atoms with van der Waals surface area (Å²) in [6.45, 7) is 0. The van der Waals surface area contributed by atoms with Crippen molar-refractivity contribution in [2.24, 2.45) is 0 Å². The van der Waals surface area contributed by atoms with E-state index in [2.05, 4.69) is 15.2 Å². The molecule has 0 amide bonds. The highest BCUT2D eigenvalue weighted by Crippen LogP contribution is 2.30. The van der Waals surface area contributed by atoms with Gasteiger partial charge in [0.15, 0.2) is 0 Å². The Morgan fingerprint density at radius 2 is 1.74 bits per heavy atom. The van der Waals surface area contributed by atoms with Gasteiger partial charge in [0.25, 0.3) is 0 Å². The third-order valence-corrected chi connectivity index (χ3v) is 3.01. The molecule has 0 radical (unpaired) electrons. The fraction of sp³-hybridized carbons (Fsp3) is 0.182. The molecule has 2 aromatic rings. The monoisotopic (exact) mass is 287 g/mol. The zero-order chi connectivity index (χ0) is 14.0. The van der Waals surface area contributed by atoms with Crippen LogP contribution in [0.4, 0.5) is 13.2 Å². The fourth-order valence-electron chi connectivity index (χ4n) is 1.36. The van der Waals surface area contributed by atoms with Gasteiger partial charge in [0.1, 0.15) is 5.69 Å². The van der Waals surface area contributed by atoms with Crippen molar-refractivity contribution in [3.8, 4) is 11.3 Å². The standard InChI is InChI=1S/C11H8F3N3OS/c1-19(18)10-15-6-9(16-17-10)7-2-4-8(5-3-7)11(12,13)14/h2-6H,1H3. The molecule has 0 aliphatic carbocycles. The van der Waals surface area contributed by atoms with Crippen LogP contribution in [0.2, 0.25) is 0 Å². The van der Waals surface area contributed by atoms with E-state index in [4.69, 9.17) is 0 Å². The van der Waals surface area contributed by atoms with Gasteiger partial charge in [0.05, 0.1) is 22.6 Å². The second-order valence-electron chi connectivity index (χ2n) is 3.66. The Morgan fingerprint density at radius 3 is 2.16 bits per heavy atom. The molecule has 0 N–H and O–H groups in total. The smallest absolute Gasteiger partial charge is 0.251 e. The number of hydrogen-bond acceptors (Lipinski definition) is 4. The third-order valence-electron chi connectivity index (χ3n) is 2.31. The Hall–Kier alpha value is -1.83. The molecule has 1 heterocycles. The van der Waals surface area contributed by atoms with Crippen LogP contribution in [0.15, 0.2) is 35.6 Å². The summed E-state index contributed by atoms with van der Waals surface area (Å²) in [5.74, 6) is 0. The van der Waals surface area contributed by atoms with E-state index in [1.165, 1.54) is 24.6 Å². The number of benzene rings is 1. The van der Waals surface area contributed by atoms with Crippen molar-refractivity contribution in [3.05, 3.63) is 36.0 Å². The zero-order valence-corrected chi connectivity index (χ0v) is 10.5. The highest BCUT2D eigenvalue weighted by Gasteiger charge is 2.30. The summed E-state index contributed by atoms with van der Waals surface area (Å²) < 4.78 is 48.2. The molecule has 100 valence electrons. The topological polar surface area (TPSA) is 55.7 Å². The average Bonchev–Trinajstić information content (AvgIpc) is 2.38. The van der Waals surface area contributed by atoms with E-state index in [1.54, 1.807) is 0 Å². The summed E-state index contributed by atoms with van der Waals surface area (Å²) >= 11 is 0. The molecular formula is C11H8F3N3OS. The van der Waals surface area contributed by atoms with Gasteiger partial charge in [-0.25, -0.2) is 4.98 Å². The molecule has 0 saturated carbocycles. The maximum absolute atomic E-state index is 12.4. The SMILES string of the molecule is CS(=O)c1ncc(-c2ccc(C(F)(F)F)cc2)nn1. The molecule has 0 fully saturated rings. The van der Waals surface area contributed by atoms with E-state index < -0.39 is 22.5 Å². The van der Waals surface area contributed by atoms with Crippen LogP contribution in [0.5, 0.6) is 0 Å². The zero-order valence-electron chi connectivity index (χ0n) is 9.68. The first-order valence-electron chi connectivity index (χ1n) is 5.09. The van der Waals surface area contributed by atoms with Gasteiger partial charge < -0.3 is 0 Å². The van der Waals surface area contributed by atoms with Gasteiger partial charge in [0.2, 0.25) is 5.16 Å². The highest BCUT2D eigenvalue weighted by atomic mass is 32.2. The van der Waals surface area contributed by atoms with E-state index in [0.29, 0.717) is 11.3 Å². The lowest BCUT2D eigenvalue weighted by atomic mass is 10.1. The average molecular weight is 287 g/mol. The molecule has 1 aromatic heterocycles. The van der Waals surface area contributed by atoms with E-state index in [9.17, 15) is 17.4 Å². The van der Waals surface area contributed by atoms with Crippen LogP contribution in [-0.2, 0) is 17.0 Å². The van der Waals surface area contributed by atoms with Crippen molar-refractivity contribution in [1.29, 1.82) is 0 Å². The summed E-state index contributed by atoms with van der Waals surface area (Å²) in [5.41, 5.74) is 0.0489. The van der Waals surface area contributed by atoms with Crippen LogP contribution in [0.25, 0.3) is 11.3 Å². The predicted octanol–water partition coefficient (Wildman–Crippen LogP) is 2.29. The van der Waals surface area contributed by atoms with E-state index in [-0.39, 0.29) is 5.16 Å². The minimum Gasteiger partial charge on any atom is -0.251 e. The first-order chi connectivity index (χ1) is 8.88. The number of alkyl halides is 3. The van der Waals surface area contributed by atoms with Gasteiger partial charge in [-0.2, -0.15) is 13.2 Å². The van der Waals surface area contributed by atoms with Gasteiger partial charge >= 0.3 is 6.18 Å². The lowest BCUT2D eigenvalue weighted by Gasteiger charge is -2.07. The maximum Gasteiger partial charge on any atom is 0.416 e. The van der Waals surface area contributed by atoms with Gasteiger partial charge in [-0.1, -0.05) is 12.1 Å². The number of nitrogens with zero attached hydrogens (tertiary/aromatic N) is 3. The number of halogens is 3. The third kappa shape index (κ3) is 3.14. The normalized spacial score (nSPS) is 13.3. The van der Waals surface area contributed by atoms with Crippen LogP contribution in [-0.4, -0.2) is 25.6 Å². The van der Waals surface area contributed by atoms with Gasteiger partial charge in [-0.05, 0) is 12.1 Å². The van der Waals surface area contributed by atoms with E-state index in [0.717, 1.165) is 12.1 Å². The van der Waals surface area contributed by atoms with Crippen LogP contribution in [0.1, 0.15) is 5.56 Å². The number of aromatic nitrogens is 3. The Morgan fingerprint density at radius 1 is 1.11 bits per heavy atom. The number of rotatable bonds is 2. The molecular weight excluding hydrogens is 279 g/mol. The molecule has 2 rings (SSSR count). The largest absolute Gasteiger partial charge is 0.416 e. The quantitative estimate of drug-likeness (QED) is 0.850. The molecule has 0 saturated heterocycles. The lowest BCUT2D eigenvalue weighted by molar-refractivity contribution is -0.137. The first-order valence-corrected chi connectivity index (χ1v) is 6.64. The Kier molecular flexibility index (Phi) is 3.61. The van der Waals surface area contributed by atoms with Crippen LogP contribution < -0.4 is 0 Å². The van der Waals surface area contributed by atoms with Crippen LogP contribution in [0.3, 0.4) is 0 Å². The van der Waals surface area contributed by atoms with Gasteiger partial charge in [-0.3, -0.25) is 4.21 Å². The first kappa shape index (κ1) is 13.6. The van der Waals surface area contributed by atoms with Crippen molar-refractivity contribution in [3.63, 3.8) is 0 Å². The number of hydrogen-bond donors (Lipinski definition) is 0. The summed E-state index contributed by atoms with van der Waals surface area (Å²) in [4.78, 5) is 3.83. The van der Waals surface area contributed by atoms with E-state index in [1.807, 2.05) is 0 Å². The summed E-state index contributed by atoms with van der Waals surface area (Å²) in [6.07, 6.45) is -1.63. The molecule has 0 bridgehead atoms. The van der Waals surface area contributed by atoms with Gasteiger partial charge in [0, 0.05) is 11.8 Å². The maximum atomic E-state index is 12.4. The minimum atomic E-state index is -4.37. The van der Waals surface area contributed by atoms with Crippen molar-refractivity contribution in [2.75, 3.05) is 6.26 Å². The fourth-order valence-corrected chi connectivity index (χ4v) is 1.72. The van der Waals surface area contributed by atoms with Crippen molar-refractivity contribution < 1.29 is 17.4 Å².